The molecule has 0 radical (unpaired) electrons. The Kier molecular flexibility index (Phi) is 3.85. The van der Waals surface area contributed by atoms with E-state index in [1.54, 1.807) is 17.6 Å². The highest BCUT2D eigenvalue weighted by molar-refractivity contribution is 7.13. The van der Waals surface area contributed by atoms with Crippen LogP contribution in [-0.4, -0.2) is 42.0 Å². The van der Waals surface area contributed by atoms with Gasteiger partial charge in [-0.2, -0.15) is 0 Å². The van der Waals surface area contributed by atoms with Crippen LogP contribution in [0.15, 0.2) is 28.2 Å². The standard InChI is InChI=1S/C17H21N3O2S/c1-12-11-23-17(18-12)20-6-3-5-19(7-8-20)16(21)14-10-13(14)15-4-2-9-22-15/h2,4,9,11,13-14H,3,5-8,10H2,1H3/t13-,14-/m0/s1. The summed E-state index contributed by atoms with van der Waals surface area (Å²) in [7, 11) is 0. The van der Waals surface area contributed by atoms with Gasteiger partial charge in [0.25, 0.3) is 0 Å². The number of carbonyl (C=O) groups is 1. The lowest BCUT2D eigenvalue weighted by molar-refractivity contribution is -0.132. The monoisotopic (exact) mass is 331 g/mol. The van der Waals surface area contributed by atoms with E-state index in [4.69, 9.17) is 4.42 Å². The number of hydrogen-bond acceptors (Lipinski definition) is 5. The molecule has 1 saturated carbocycles. The van der Waals surface area contributed by atoms with Gasteiger partial charge in [0.15, 0.2) is 5.13 Å². The molecule has 1 amide bonds. The van der Waals surface area contributed by atoms with Gasteiger partial charge in [0.05, 0.1) is 12.0 Å². The molecular weight excluding hydrogens is 310 g/mol. The van der Waals surface area contributed by atoms with Gasteiger partial charge < -0.3 is 14.2 Å². The smallest absolute Gasteiger partial charge is 0.226 e. The Morgan fingerprint density at radius 2 is 2.26 bits per heavy atom. The maximum atomic E-state index is 12.7. The van der Waals surface area contributed by atoms with Gasteiger partial charge in [-0.25, -0.2) is 4.98 Å². The lowest BCUT2D eigenvalue weighted by atomic mass is 10.2. The number of nitrogens with zero attached hydrogens (tertiary/aromatic N) is 3. The summed E-state index contributed by atoms with van der Waals surface area (Å²) in [5.74, 6) is 1.66. The van der Waals surface area contributed by atoms with Gasteiger partial charge in [0.2, 0.25) is 5.91 Å². The van der Waals surface area contributed by atoms with E-state index in [-0.39, 0.29) is 5.92 Å². The van der Waals surface area contributed by atoms with Crippen molar-refractivity contribution in [3.63, 3.8) is 0 Å². The van der Waals surface area contributed by atoms with Crippen molar-refractivity contribution in [2.24, 2.45) is 5.92 Å². The Balaban J connectivity index is 1.36. The zero-order valence-corrected chi connectivity index (χ0v) is 14.1. The summed E-state index contributed by atoms with van der Waals surface area (Å²) in [6, 6.07) is 3.88. The second-order valence-electron chi connectivity index (χ2n) is 6.40. The minimum Gasteiger partial charge on any atom is -0.469 e. The summed E-state index contributed by atoms with van der Waals surface area (Å²) < 4.78 is 5.44. The van der Waals surface area contributed by atoms with Gasteiger partial charge in [-0.3, -0.25) is 4.79 Å². The highest BCUT2D eigenvalue weighted by atomic mass is 32.1. The normalized spacial score (nSPS) is 24.6. The van der Waals surface area contributed by atoms with Gasteiger partial charge >= 0.3 is 0 Å². The molecule has 0 aromatic carbocycles. The number of carbonyl (C=O) groups excluding carboxylic acids is 1. The van der Waals surface area contributed by atoms with Gasteiger partial charge in [-0.05, 0) is 31.9 Å². The van der Waals surface area contributed by atoms with Crippen molar-refractivity contribution in [2.45, 2.75) is 25.7 Å². The fourth-order valence-corrected chi connectivity index (χ4v) is 4.19. The van der Waals surface area contributed by atoms with E-state index < -0.39 is 0 Å². The third-order valence-electron chi connectivity index (χ3n) is 4.70. The minimum absolute atomic E-state index is 0.120. The second kappa shape index (κ2) is 6.00. The zero-order chi connectivity index (χ0) is 15.8. The molecular formula is C17H21N3O2S. The molecule has 1 saturated heterocycles. The number of hydrogen-bond donors (Lipinski definition) is 0. The minimum atomic E-state index is 0.120. The van der Waals surface area contributed by atoms with Crippen LogP contribution in [0.4, 0.5) is 5.13 Å². The van der Waals surface area contributed by atoms with E-state index in [9.17, 15) is 4.79 Å². The first-order valence-electron chi connectivity index (χ1n) is 8.21. The van der Waals surface area contributed by atoms with E-state index in [1.165, 1.54) is 0 Å². The number of aryl methyl sites for hydroxylation is 1. The number of aromatic nitrogens is 1. The topological polar surface area (TPSA) is 49.6 Å². The van der Waals surface area contributed by atoms with Crippen molar-refractivity contribution in [3.05, 3.63) is 35.2 Å². The largest absolute Gasteiger partial charge is 0.469 e. The predicted octanol–water partition coefficient (Wildman–Crippen LogP) is 2.89. The lowest BCUT2D eigenvalue weighted by Crippen LogP contribution is -2.36. The SMILES string of the molecule is Cc1csc(N2CCCN(C(=O)[C@H]3C[C@@H]3c3ccco3)CC2)n1. The van der Waals surface area contributed by atoms with Gasteiger partial charge in [-0.15, -0.1) is 11.3 Å². The molecule has 1 aliphatic carbocycles. The predicted molar refractivity (Wildman–Crippen MR) is 89.8 cm³/mol. The molecule has 2 atom stereocenters. The van der Waals surface area contributed by atoms with Crippen LogP contribution in [-0.2, 0) is 4.79 Å². The van der Waals surface area contributed by atoms with E-state index in [2.05, 4.69) is 15.3 Å². The summed E-state index contributed by atoms with van der Waals surface area (Å²) in [4.78, 5) is 21.6. The summed E-state index contributed by atoms with van der Waals surface area (Å²) >= 11 is 1.69. The molecule has 2 aromatic rings. The third kappa shape index (κ3) is 3.00. The molecule has 1 aliphatic heterocycles. The van der Waals surface area contributed by atoms with Crippen LogP contribution in [0.3, 0.4) is 0 Å². The fourth-order valence-electron chi connectivity index (χ4n) is 3.34. The summed E-state index contributed by atoms with van der Waals surface area (Å²) in [5.41, 5.74) is 1.07. The summed E-state index contributed by atoms with van der Waals surface area (Å²) in [5, 5.41) is 3.16. The van der Waals surface area contributed by atoms with Crippen LogP contribution in [0, 0.1) is 12.8 Å². The van der Waals surface area contributed by atoms with Crippen molar-refractivity contribution < 1.29 is 9.21 Å². The van der Waals surface area contributed by atoms with Gasteiger partial charge in [0, 0.05) is 43.4 Å². The molecule has 2 fully saturated rings. The van der Waals surface area contributed by atoms with Crippen molar-refractivity contribution in [2.75, 3.05) is 31.1 Å². The van der Waals surface area contributed by atoms with Gasteiger partial charge in [-0.1, -0.05) is 0 Å². The van der Waals surface area contributed by atoms with Crippen LogP contribution in [0.2, 0.25) is 0 Å². The van der Waals surface area contributed by atoms with Crippen LogP contribution in [0.25, 0.3) is 0 Å². The molecule has 3 heterocycles. The molecule has 0 spiro atoms. The lowest BCUT2D eigenvalue weighted by Gasteiger charge is -2.21. The molecule has 4 rings (SSSR count). The molecule has 122 valence electrons. The van der Waals surface area contributed by atoms with Crippen LogP contribution >= 0.6 is 11.3 Å². The van der Waals surface area contributed by atoms with Crippen molar-refractivity contribution in [1.29, 1.82) is 0 Å². The highest BCUT2D eigenvalue weighted by Gasteiger charge is 2.47. The first-order chi connectivity index (χ1) is 11.2. The Hall–Kier alpha value is -1.82. The van der Waals surface area contributed by atoms with Crippen molar-refractivity contribution >= 4 is 22.4 Å². The molecule has 2 aromatic heterocycles. The second-order valence-corrected chi connectivity index (χ2v) is 7.24. The number of rotatable bonds is 3. The summed E-state index contributed by atoms with van der Waals surface area (Å²) in [6.45, 7) is 5.51. The zero-order valence-electron chi connectivity index (χ0n) is 13.3. The number of anilines is 1. The van der Waals surface area contributed by atoms with Crippen LogP contribution < -0.4 is 4.90 Å². The molecule has 0 unspecified atom stereocenters. The molecule has 5 nitrogen and oxygen atoms in total. The van der Waals surface area contributed by atoms with E-state index >= 15 is 0 Å². The number of thiazole rings is 1. The Morgan fingerprint density at radius 1 is 1.35 bits per heavy atom. The fraction of sp³-hybridized carbons (Fsp3) is 0.529. The molecule has 23 heavy (non-hydrogen) atoms. The molecule has 6 heteroatoms. The summed E-state index contributed by atoms with van der Waals surface area (Å²) in [6.07, 6.45) is 3.62. The first kappa shape index (κ1) is 14.8. The van der Waals surface area contributed by atoms with E-state index in [1.807, 2.05) is 24.0 Å². The van der Waals surface area contributed by atoms with Gasteiger partial charge in [0.1, 0.15) is 5.76 Å². The van der Waals surface area contributed by atoms with E-state index in [0.29, 0.717) is 11.8 Å². The molecule has 2 aliphatic rings. The Labute approximate surface area is 139 Å². The quantitative estimate of drug-likeness (QED) is 0.868. The first-order valence-corrected chi connectivity index (χ1v) is 9.09. The van der Waals surface area contributed by atoms with Crippen LogP contribution in [0.5, 0.6) is 0 Å². The average Bonchev–Trinajstić information content (AvgIpc) is 3.06. The van der Waals surface area contributed by atoms with Crippen LogP contribution in [0.1, 0.15) is 30.2 Å². The van der Waals surface area contributed by atoms with Crippen molar-refractivity contribution in [1.82, 2.24) is 9.88 Å². The van der Waals surface area contributed by atoms with E-state index in [0.717, 1.165) is 55.6 Å². The third-order valence-corrected chi connectivity index (χ3v) is 5.72. The Morgan fingerprint density at radius 3 is 3.00 bits per heavy atom. The highest BCUT2D eigenvalue weighted by Crippen LogP contribution is 2.48. The maximum Gasteiger partial charge on any atom is 0.226 e. The molecule has 0 bridgehead atoms. The number of furan rings is 1. The Bertz CT molecular complexity index is 682. The maximum absolute atomic E-state index is 12.7. The molecule has 0 N–H and O–H groups in total. The number of amides is 1. The average molecular weight is 331 g/mol. The van der Waals surface area contributed by atoms with Crippen molar-refractivity contribution in [3.8, 4) is 0 Å².